The number of rotatable bonds is 24. The number of alkyl halides is 12. The van der Waals surface area contributed by atoms with Crippen LogP contribution in [0.2, 0.25) is 0 Å². The molecule has 0 saturated carbocycles. The standard InChI is InChI=1S/C41H48F12O6/c1-2-3-4-5-6-7-8-9-10-11-12-13-14-15-16-17-35(54)59-34(26-57-36(55)22-28-18-30(38(42,43)44)24-31(19-28)39(45,46)47)27-58-37(56)23-29-20-32(40(48,49)50)25-33(21-29)41(51,52)53/h9-10,18-21,24-25,34H,2-8,11-17,22-23,26-27H2,1H3/b10-9-. The smallest absolute Gasteiger partial charge is 0.416 e. The minimum atomic E-state index is -5.20. The van der Waals surface area contributed by atoms with Gasteiger partial charge in [0, 0.05) is 6.42 Å². The first kappa shape index (κ1) is 50.9. The highest BCUT2D eigenvalue weighted by Crippen LogP contribution is 2.38. The Labute approximate surface area is 334 Å². The van der Waals surface area contributed by atoms with Gasteiger partial charge in [-0.2, -0.15) is 52.7 Å². The fourth-order valence-electron chi connectivity index (χ4n) is 5.75. The highest BCUT2D eigenvalue weighted by Gasteiger charge is 2.38. The highest BCUT2D eigenvalue weighted by molar-refractivity contribution is 5.74. The van der Waals surface area contributed by atoms with Gasteiger partial charge in [0.1, 0.15) is 13.2 Å². The molecule has 0 atom stereocenters. The van der Waals surface area contributed by atoms with Gasteiger partial charge in [-0.25, -0.2) is 0 Å². The van der Waals surface area contributed by atoms with Crippen LogP contribution in [0.3, 0.4) is 0 Å². The van der Waals surface area contributed by atoms with E-state index in [0.29, 0.717) is 37.1 Å². The molecule has 0 radical (unpaired) electrons. The van der Waals surface area contributed by atoms with Crippen molar-refractivity contribution in [2.24, 2.45) is 0 Å². The van der Waals surface area contributed by atoms with Crippen LogP contribution in [-0.4, -0.2) is 37.2 Å². The fraction of sp³-hybridized carbons (Fsp3) is 0.585. The van der Waals surface area contributed by atoms with Gasteiger partial charge < -0.3 is 14.2 Å². The Hall–Kier alpha value is -4.25. The van der Waals surface area contributed by atoms with Crippen LogP contribution in [0, 0.1) is 0 Å². The zero-order valence-electron chi connectivity index (χ0n) is 32.4. The molecule has 0 aliphatic rings. The number of ether oxygens (including phenoxy) is 3. The topological polar surface area (TPSA) is 78.9 Å². The summed E-state index contributed by atoms with van der Waals surface area (Å²) in [6, 6.07) is 0.947. The number of carbonyl (C=O) groups is 3. The van der Waals surface area contributed by atoms with Gasteiger partial charge in [0.15, 0.2) is 6.10 Å². The van der Waals surface area contributed by atoms with Crippen LogP contribution in [0.4, 0.5) is 52.7 Å². The second-order valence-corrected chi connectivity index (χ2v) is 14.0. The van der Waals surface area contributed by atoms with E-state index in [0.717, 1.165) is 38.5 Å². The maximum absolute atomic E-state index is 13.3. The van der Waals surface area contributed by atoms with Crippen molar-refractivity contribution in [3.63, 3.8) is 0 Å². The lowest BCUT2D eigenvalue weighted by molar-refractivity contribution is -0.166. The van der Waals surface area contributed by atoms with Crippen molar-refractivity contribution in [1.82, 2.24) is 0 Å². The van der Waals surface area contributed by atoms with Crippen molar-refractivity contribution in [3.05, 3.63) is 81.9 Å². The maximum Gasteiger partial charge on any atom is 0.416 e. The molecule has 0 aliphatic carbocycles. The van der Waals surface area contributed by atoms with Crippen molar-refractivity contribution in [1.29, 1.82) is 0 Å². The molecule has 18 heteroatoms. The Morgan fingerprint density at radius 3 is 1.19 bits per heavy atom. The second kappa shape index (κ2) is 24.1. The van der Waals surface area contributed by atoms with Gasteiger partial charge >= 0.3 is 42.6 Å². The lowest BCUT2D eigenvalue weighted by atomic mass is 10.0. The minimum absolute atomic E-state index is 0.141. The van der Waals surface area contributed by atoms with Crippen LogP contribution < -0.4 is 0 Å². The first-order chi connectivity index (χ1) is 27.5. The molecule has 0 amide bonds. The SMILES string of the molecule is CCCCCCCC/C=C\CCCCCCCC(=O)OC(COC(=O)Cc1cc(C(F)(F)F)cc(C(F)(F)F)c1)COC(=O)Cc1cc(C(F)(F)F)cc(C(F)(F)F)c1. The van der Waals surface area contributed by atoms with E-state index in [1.807, 2.05) is 0 Å². The summed E-state index contributed by atoms with van der Waals surface area (Å²) in [5.74, 6) is -3.61. The Bertz CT molecular complexity index is 1490. The van der Waals surface area contributed by atoms with E-state index in [1.54, 1.807) is 0 Å². The van der Waals surface area contributed by atoms with E-state index >= 15 is 0 Å². The summed E-state index contributed by atoms with van der Waals surface area (Å²) in [6.07, 6.45) is -7.62. The van der Waals surface area contributed by atoms with E-state index in [4.69, 9.17) is 14.2 Å². The molecule has 6 nitrogen and oxygen atoms in total. The molecule has 0 aliphatic heterocycles. The molecule has 2 rings (SSSR count). The summed E-state index contributed by atoms with van der Waals surface area (Å²) in [7, 11) is 0. The van der Waals surface area contributed by atoms with Gasteiger partial charge in [0.2, 0.25) is 0 Å². The Kier molecular flexibility index (Phi) is 20.8. The summed E-state index contributed by atoms with van der Waals surface area (Å²) in [5.41, 5.74) is -8.19. The van der Waals surface area contributed by atoms with Crippen LogP contribution in [0.5, 0.6) is 0 Å². The van der Waals surface area contributed by atoms with Crippen LogP contribution in [-0.2, 0) is 66.1 Å². The number of esters is 3. The normalized spacial score (nSPS) is 12.6. The first-order valence-electron chi connectivity index (χ1n) is 19.2. The number of hydrogen-bond acceptors (Lipinski definition) is 6. The van der Waals surface area contributed by atoms with Crippen LogP contribution in [0.15, 0.2) is 48.6 Å². The molecule has 0 fully saturated rings. The van der Waals surface area contributed by atoms with Crippen LogP contribution >= 0.6 is 0 Å². The van der Waals surface area contributed by atoms with E-state index in [9.17, 15) is 67.1 Å². The molecule has 0 saturated heterocycles. The molecule has 59 heavy (non-hydrogen) atoms. The zero-order valence-corrected chi connectivity index (χ0v) is 32.4. The summed E-state index contributed by atoms with van der Waals surface area (Å²) in [4.78, 5) is 37.7. The zero-order chi connectivity index (χ0) is 44.3. The molecule has 0 heterocycles. The molecule has 2 aromatic rings. The molecular weight excluding hydrogens is 816 g/mol. The number of halogens is 12. The van der Waals surface area contributed by atoms with Crippen molar-refractivity contribution >= 4 is 17.9 Å². The predicted octanol–water partition coefficient (Wildman–Crippen LogP) is 12.6. The summed E-state index contributed by atoms with van der Waals surface area (Å²) in [6.45, 7) is 0.303. The molecule has 0 bridgehead atoms. The second-order valence-electron chi connectivity index (χ2n) is 14.0. The molecule has 0 unspecified atom stereocenters. The molecular formula is C41H48F12O6. The van der Waals surface area contributed by atoms with Crippen LogP contribution in [0.25, 0.3) is 0 Å². The quantitative estimate of drug-likeness (QED) is 0.0344. The third-order valence-electron chi connectivity index (χ3n) is 8.79. The van der Waals surface area contributed by atoms with Crippen LogP contribution in [0.1, 0.15) is 130 Å². The van der Waals surface area contributed by atoms with Gasteiger partial charge in [-0.1, -0.05) is 70.4 Å². The third kappa shape index (κ3) is 21.0. The number of unbranched alkanes of at least 4 members (excludes halogenated alkanes) is 11. The Morgan fingerprint density at radius 1 is 0.492 bits per heavy atom. The summed E-state index contributed by atoms with van der Waals surface area (Å²) < 4.78 is 174. The average molecular weight is 865 g/mol. The number of benzene rings is 2. The fourth-order valence-corrected chi connectivity index (χ4v) is 5.75. The lowest BCUT2D eigenvalue weighted by Gasteiger charge is -2.19. The van der Waals surface area contributed by atoms with Gasteiger partial charge in [-0.05, 0) is 79.6 Å². The largest absolute Gasteiger partial charge is 0.461 e. The molecule has 0 aromatic heterocycles. The van der Waals surface area contributed by atoms with E-state index < -0.39 is 108 Å². The van der Waals surface area contributed by atoms with E-state index in [1.165, 1.54) is 32.1 Å². The molecule has 332 valence electrons. The molecule has 0 N–H and O–H groups in total. The van der Waals surface area contributed by atoms with Gasteiger partial charge in [-0.15, -0.1) is 0 Å². The number of allylic oxidation sites excluding steroid dienone is 2. The van der Waals surface area contributed by atoms with Gasteiger partial charge in [0.25, 0.3) is 0 Å². The average Bonchev–Trinajstić information content (AvgIpc) is 3.12. The molecule has 2 aromatic carbocycles. The predicted molar refractivity (Wildman–Crippen MR) is 192 cm³/mol. The lowest BCUT2D eigenvalue weighted by Crippen LogP contribution is -2.31. The van der Waals surface area contributed by atoms with Crippen molar-refractivity contribution < 1.29 is 81.3 Å². The third-order valence-corrected chi connectivity index (χ3v) is 8.79. The van der Waals surface area contributed by atoms with Crippen molar-refractivity contribution in [2.45, 2.75) is 140 Å². The summed E-state index contributed by atoms with van der Waals surface area (Å²) >= 11 is 0. The van der Waals surface area contributed by atoms with Gasteiger partial charge in [0.05, 0.1) is 35.1 Å². The van der Waals surface area contributed by atoms with Crippen molar-refractivity contribution in [3.8, 4) is 0 Å². The summed E-state index contributed by atoms with van der Waals surface area (Å²) in [5, 5.41) is 0. The molecule has 0 spiro atoms. The highest BCUT2D eigenvalue weighted by atomic mass is 19.4. The maximum atomic E-state index is 13.3. The number of carbonyl (C=O) groups excluding carboxylic acids is 3. The van der Waals surface area contributed by atoms with Crippen molar-refractivity contribution in [2.75, 3.05) is 13.2 Å². The van der Waals surface area contributed by atoms with Gasteiger partial charge in [-0.3, -0.25) is 14.4 Å². The number of hydrogen-bond donors (Lipinski definition) is 0. The Morgan fingerprint density at radius 2 is 0.831 bits per heavy atom. The Balaban J connectivity index is 2.02. The van der Waals surface area contributed by atoms with E-state index in [2.05, 4.69) is 19.1 Å². The van der Waals surface area contributed by atoms with E-state index in [-0.39, 0.29) is 18.6 Å². The first-order valence-corrected chi connectivity index (χ1v) is 19.2. The minimum Gasteiger partial charge on any atom is -0.461 e. The monoisotopic (exact) mass is 864 g/mol.